The van der Waals surface area contributed by atoms with Crippen LogP contribution in [0.4, 0.5) is 10.5 Å². The van der Waals surface area contributed by atoms with Crippen LogP contribution < -0.4 is 25.2 Å². The molecule has 1 atom stereocenters. The van der Waals surface area contributed by atoms with Crippen LogP contribution in [0, 0.1) is 0 Å². The van der Waals surface area contributed by atoms with E-state index in [4.69, 9.17) is 4.74 Å². The fourth-order valence-corrected chi connectivity index (χ4v) is 4.02. The van der Waals surface area contributed by atoms with Crippen molar-refractivity contribution in [1.29, 1.82) is 0 Å². The highest BCUT2D eigenvalue weighted by atomic mass is 16.5. The van der Waals surface area contributed by atoms with Gasteiger partial charge in [0.25, 0.3) is 0 Å². The van der Waals surface area contributed by atoms with Gasteiger partial charge in [-0.15, -0.1) is 0 Å². The highest BCUT2D eigenvalue weighted by Gasteiger charge is 2.31. The average molecular weight is 390 g/mol. The molecule has 7 heteroatoms. The first-order chi connectivity index (χ1) is 13.7. The van der Waals surface area contributed by atoms with Gasteiger partial charge < -0.3 is 25.2 Å². The van der Waals surface area contributed by atoms with Gasteiger partial charge in [-0.05, 0) is 50.5 Å². The third-order valence-electron chi connectivity index (χ3n) is 5.47. The van der Waals surface area contributed by atoms with E-state index in [1.165, 1.54) is 32.4 Å². The number of nitrogens with zero attached hydrogens (tertiary/aromatic N) is 1. The van der Waals surface area contributed by atoms with Crippen LogP contribution in [0.5, 0.6) is 5.75 Å². The Morgan fingerprint density at radius 2 is 1.96 bits per heavy atom. The first-order valence-electron chi connectivity index (χ1n) is 10.6. The minimum absolute atomic E-state index is 0.0307. The molecule has 3 N–H and O–H groups in total. The highest BCUT2D eigenvalue weighted by Crippen LogP contribution is 2.24. The van der Waals surface area contributed by atoms with E-state index in [0.717, 1.165) is 24.4 Å². The molecule has 154 valence electrons. The van der Waals surface area contributed by atoms with E-state index in [-0.39, 0.29) is 18.0 Å². The summed E-state index contributed by atoms with van der Waals surface area (Å²) < 4.78 is 5.44. The molecule has 0 unspecified atom stereocenters. The lowest BCUT2D eigenvalue weighted by Gasteiger charge is -2.23. The molecule has 2 saturated heterocycles. The minimum Gasteiger partial charge on any atom is -0.494 e. The molecule has 3 amide bonds. The van der Waals surface area contributed by atoms with Crippen molar-refractivity contribution in [3.05, 3.63) is 24.3 Å². The fraction of sp³-hybridized carbons (Fsp3) is 0.619. The van der Waals surface area contributed by atoms with Crippen molar-refractivity contribution < 1.29 is 19.2 Å². The zero-order valence-corrected chi connectivity index (χ0v) is 16.8. The quantitative estimate of drug-likeness (QED) is 0.580. The summed E-state index contributed by atoms with van der Waals surface area (Å²) in [5.74, 6) is 0.821. The topological polar surface area (TPSA) is 75.1 Å². The number of quaternary nitrogens is 1. The predicted molar refractivity (Wildman–Crippen MR) is 109 cm³/mol. The van der Waals surface area contributed by atoms with Crippen molar-refractivity contribution in [1.82, 2.24) is 10.6 Å². The molecule has 1 aromatic rings. The number of benzene rings is 1. The molecule has 2 aliphatic heterocycles. The van der Waals surface area contributed by atoms with E-state index in [9.17, 15) is 9.59 Å². The minimum atomic E-state index is -0.181. The largest absolute Gasteiger partial charge is 0.494 e. The smallest absolute Gasteiger partial charge is 0.315 e. The second-order valence-electron chi connectivity index (χ2n) is 7.65. The standard InChI is InChI=1S/C21H32N4O3/c1-2-28-19-9-7-18(8-10-19)25-16-17(15-20(25)26)23-21(27)22-11-6-14-24-12-4-3-5-13-24/h7-10,17H,2-6,11-16H2,1H3,(H2,22,23,27)/p+1/t17-/m0/s1. The Labute approximate surface area is 167 Å². The van der Waals surface area contributed by atoms with Gasteiger partial charge in [-0.2, -0.15) is 0 Å². The molecule has 0 aliphatic carbocycles. The lowest BCUT2D eigenvalue weighted by Crippen LogP contribution is -3.12. The molecule has 28 heavy (non-hydrogen) atoms. The summed E-state index contributed by atoms with van der Waals surface area (Å²) >= 11 is 0. The average Bonchev–Trinajstić information content (AvgIpc) is 3.07. The van der Waals surface area contributed by atoms with E-state index >= 15 is 0 Å². The molecular weight excluding hydrogens is 356 g/mol. The number of rotatable bonds is 8. The molecule has 2 fully saturated rings. The van der Waals surface area contributed by atoms with Gasteiger partial charge >= 0.3 is 6.03 Å². The number of hydrogen-bond acceptors (Lipinski definition) is 3. The summed E-state index contributed by atoms with van der Waals surface area (Å²) in [7, 11) is 0. The van der Waals surface area contributed by atoms with Gasteiger partial charge in [-0.3, -0.25) is 4.79 Å². The van der Waals surface area contributed by atoms with Gasteiger partial charge in [-0.25, -0.2) is 4.79 Å². The Bertz CT molecular complexity index is 644. The van der Waals surface area contributed by atoms with Gasteiger partial charge in [0, 0.05) is 31.6 Å². The maximum Gasteiger partial charge on any atom is 0.315 e. The number of hydrogen-bond donors (Lipinski definition) is 3. The van der Waals surface area contributed by atoms with Gasteiger partial charge in [0.2, 0.25) is 5.91 Å². The van der Waals surface area contributed by atoms with Crippen LogP contribution in [-0.4, -0.2) is 57.3 Å². The van der Waals surface area contributed by atoms with Gasteiger partial charge in [0.05, 0.1) is 32.3 Å². The molecule has 0 aromatic heterocycles. The number of piperidine rings is 1. The van der Waals surface area contributed by atoms with E-state index in [0.29, 0.717) is 26.1 Å². The van der Waals surface area contributed by atoms with Crippen molar-refractivity contribution in [3.8, 4) is 5.75 Å². The second-order valence-corrected chi connectivity index (χ2v) is 7.65. The summed E-state index contributed by atoms with van der Waals surface area (Å²) in [6, 6.07) is 7.16. The number of likely N-dealkylation sites (tertiary alicyclic amines) is 1. The number of carbonyl (C=O) groups is 2. The zero-order chi connectivity index (χ0) is 19.8. The van der Waals surface area contributed by atoms with Crippen molar-refractivity contribution in [2.75, 3.05) is 44.2 Å². The molecule has 7 nitrogen and oxygen atoms in total. The highest BCUT2D eigenvalue weighted by molar-refractivity contribution is 5.96. The van der Waals surface area contributed by atoms with Gasteiger partial charge in [-0.1, -0.05) is 0 Å². The van der Waals surface area contributed by atoms with Crippen LogP contribution in [0.15, 0.2) is 24.3 Å². The summed E-state index contributed by atoms with van der Waals surface area (Å²) in [4.78, 5) is 27.9. The van der Waals surface area contributed by atoms with Crippen molar-refractivity contribution in [2.45, 2.75) is 45.1 Å². The lowest BCUT2D eigenvalue weighted by atomic mass is 10.1. The first-order valence-corrected chi connectivity index (χ1v) is 10.6. The molecule has 0 radical (unpaired) electrons. The van der Waals surface area contributed by atoms with Crippen LogP contribution in [0.25, 0.3) is 0 Å². The summed E-state index contributed by atoms with van der Waals surface area (Å²) in [5, 5.41) is 5.87. The maximum atomic E-state index is 12.3. The Balaban J connectivity index is 1.37. The van der Waals surface area contributed by atoms with Crippen LogP contribution in [0.1, 0.15) is 39.0 Å². The van der Waals surface area contributed by atoms with E-state index in [1.54, 1.807) is 9.80 Å². The van der Waals surface area contributed by atoms with E-state index in [2.05, 4.69) is 10.6 Å². The van der Waals surface area contributed by atoms with Gasteiger partial charge in [0.1, 0.15) is 5.75 Å². The molecule has 0 spiro atoms. The first kappa shape index (κ1) is 20.5. The Morgan fingerprint density at radius 3 is 2.68 bits per heavy atom. The predicted octanol–water partition coefficient (Wildman–Crippen LogP) is 0.949. The molecule has 2 aliphatic rings. The summed E-state index contributed by atoms with van der Waals surface area (Å²) in [6.07, 6.45) is 5.33. The molecule has 3 rings (SSSR count). The van der Waals surface area contributed by atoms with Crippen LogP contribution in [0.3, 0.4) is 0 Å². The molecule has 1 aromatic carbocycles. The number of anilines is 1. The molecule has 0 saturated carbocycles. The van der Waals surface area contributed by atoms with Crippen LogP contribution >= 0.6 is 0 Å². The van der Waals surface area contributed by atoms with Crippen LogP contribution in [-0.2, 0) is 4.79 Å². The number of carbonyl (C=O) groups excluding carboxylic acids is 2. The molecular formula is C21H33N4O3+. The lowest BCUT2D eigenvalue weighted by molar-refractivity contribution is -0.904. The number of urea groups is 1. The number of ether oxygens (including phenoxy) is 1. The van der Waals surface area contributed by atoms with Crippen molar-refractivity contribution in [2.24, 2.45) is 0 Å². The summed E-state index contributed by atoms with van der Waals surface area (Å²) in [5.41, 5.74) is 0.836. The van der Waals surface area contributed by atoms with E-state index in [1.807, 2.05) is 31.2 Å². The monoisotopic (exact) mass is 389 g/mol. The normalized spacial score (nSPS) is 20.2. The third-order valence-corrected chi connectivity index (χ3v) is 5.47. The third kappa shape index (κ3) is 5.86. The zero-order valence-electron chi connectivity index (χ0n) is 16.8. The number of amides is 3. The second kappa shape index (κ2) is 10.3. The number of nitrogens with one attached hydrogen (secondary N) is 3. The van der Waals surface area contributed by atoms with Crippen molar-refractivity contribution in [3.63, 3.8) is 0 Å². The van der Waals surface area contributed by atoms with Crippen molar-refractivity contribution >= 4 is 17.6 Å². The van der Waals surface area contributed by atoms with Crippen LogP contribution in [0.2, 0.25) is 0 Å². The Hall–Kier alpha value is -2.28. The SMILES string of the molecule is CCOc1ccc(N2C[C@@H](NC(=O)NCCC[NH+]3CCCCC3)CC2=O)cc1. The van der Waals surface area contributed by atoms with Gasteiger partial charge in [0.15, 0.2) is 0 Å². The Kier molecular flexibility index (Phi) is 7.54. The van der Waals surface area contributed by atoms with E-state index < -0.39 is 0 Å². The molecule has 0 bridgehead atoms. The maximum absolute atomic E-state index is 12.3. The fourth-order valence-electron chi connectivity index (χ4n) is 4.02. The summed E-state index contributed by atoms with van der Waals surface area (Å²) in [6.45, 7) is 7.37. The Morgan fingerprint density at radius 1 is 1.21 bits per heavy atom. The molecule has 2 heterocycles.